The number of fused-ring (bicyclic) bond motifs is 1. The maximum atomic E-state index is 13.8. The summed E-state index contributed by atoms with van der Waals surface area (Å²) in [4.78, 5) is 13.8. The zero-order chi connectivity index (χ0) is 32.7. The fourth-order valence-electron chi connectivity index (χ4n) is 5.14. The molecule has 0 spiro atoms. The number of aliphatic hydroxyl groups excluding tert-OH is 7. The fourth-order valence-corrected chi connectivity index (χ4v) is 5.14. The van der Waals surface area contributed by atoms with Crippen LogP contribution in [0.4, 0.5) is 0 Å². The Morgan fingerprint density at radius 2 is 1.42 bits per heavy atom. The van der Waals surface area contributed by atoms with Crippen LogP contribution < -0.4 is 14.9 Å². The minimum absolute atomic E-state index is 0.0200. The van der Waals surface area contributed by atoms with E-state index in [2.05, 4.69) is 0 Å². The third-order valence-electron chi connectivity index (χ3n) is 7.56. The lowest BCUT2D eigenvalue weighted by atomic mass is 9.97. The van der Waals surface area contributed by atoms with Gasteiger partial charge in [0.2, 0.25) is 17.5 Å². The monoisotopic (exact) mass is 640 g/mol. The first-order valence-corrected chi connectivity index (χ1v) is 13.5. The normalized spacial score (nSPS) is 32.0. The van der Waals surface area contributed by atoms with Crippen molar-refractivity contribution >= 4 is 11.0 Å². The molecule has 0 unspecified atom stereocenters. The maximum Gasteiger partial charge on any atom is 0.239 e. The number of hydrogen-bond donors (Lipinski definition) is 10. The summed E-state index contributed by atoms with van der Waals surface area (Å²) in [6.45, 7) is -1.66. The van der Waals surface area contributed by atoms with Crippen molar-refractivity contribution < 1.29 is 79.2 Å². The summed E-state index contributed by atoms with van der Waals surface area (Å²) in [5.74, 6) is -2.54. The van der Waals surface area contributed by atoms with Crippen LogP contribution >= 0.6 is 0 Å². The summed E-state index contributed by atoms with van der Waals surface area (Å²) in [6.07, 6.45) is -17.9. The Balaban J connectivity index is 1.62. The van der Waals surface area contributed by atoms with Crippen molar-refractivity contribution in [1.29, 1.82) is 0 Å². The quantitative estimate of drug-likeness (QED) is 0.123. The van der Waals surface area contributed by atoms with E-state index < -0.39 is 103 Å². The molecule has 3 heterocycles. The molecule has 10 atom stereocenters. The largest absolute Gasteiger partial charge is 0.508 e. The van der Waals surface area contributed by atoms with Crippen LogP contribution in [0.1, 0.15) is 0 Å². The van der Waals surface area contributed by atoms with Crippen LogP contribution in [0.3, 0.4) is 0 Å². The van der Waals surface area contributed by atoms with Gasteiger partial charge >= 0.3 is 0 Å². The van der Waals surface area contributed by atoms with E-state index in [1.807, 2.05) is 0 Å². The molecule has 2 fully saturated rings. The van der Waals surface area contributed by atoms with Crippen molar-refractivity contribution in [2.45, 2.75) is 61.4 Å². The van der Waals surface area contributed by atoms with E-state index in [4.69, 9.17) is 28.1 Å². The molecule has 0 saturated carbocycles. The highest BCUT2D eigenvalue weighted by Crippen LogP contribution is 2.40. The zero-order valence-corrected chi connectivity index (χ0v) is 23.4. The number of methoxy groups -OCH3 is 1. The van der Waals surface area contributed by atoms with Crippen LogP contribution in [0.2, 0.25) is 0 Å². The predicted octanol–water partition coefficient (Wildman–Crippen LogP) is -2.41. The zero-order valence-electron chi connectivity index (χ0n) is 23.4. The highest BCUT2D eigenvalue weighted by Gasteiger charge is 2.51. The highest BCUT2D eigenvalue weighted by atomic mass is 16.8. The minimum atomic E-state index is -1.96. The number of hydrogen-bond acceptors (Lipinski definition) is 17. The van der Waals surface area contributed by atoms with E-state index >= 15 is 0 Å². The van der Waals surface area contributed by atoms with Gasteiger partial charge in [-0.2, -0.15) is 0 Å². The number of rotatable bonds is 8. The number of aliphatic hydroxyl groups is 7. The van der Waals surface area contributed by atoms with Crippen molar-refractivity contribution in [2.75, 3.05) is 20.3 Å². The molecular weight excluding hydrogens is 608 g/mol. The van der Waals surface area contributed by atoms with Gasteiger partial charge in [0.15, 0.2) is 29.7 Å². The molecule has 0 aliphatic carbocycles. The van der Waals surface area contributed by atoms with Crippen molar-refractivity contribution in [2.24, 2.45) is 0 Å². The SMILES string of the molecule is COc1ccc(-c2oc3cc(O)cc(O)c3c(=O)c2O[C@@H]2O[C@H](CO)[C@H](O)[C@H](O)[C@H]2O[C@@H]2O[C@H](CO)[C@@H](O)[C@H](O)[C@H]2O)cc1O. The molecule has 17 heteroatoms. The summed E-state index contributed by atoms with van der Waals surface area (Å²) in [6, 6.07) is 5.76. The molecular formula is C28H32O17. The standard InChI is InChI=1S/C28H32O17/c1-40-13-3-2-9(4-11(13)32)24-25(20(36)17-12(33)5-10(31)6-14(17)41-24)44-28-26(22(38)19(35)16(8-30)43-28)45-27-23(39)21(37)18(34)15(7-29)42-27/h2-6,15-16,18-19,21-23,26-35,37-39H,7-8H2,1H3/t15-,16-,18-,19+,21+,22+,23-,26-,27+,28+/m1/s1. The van der Waals surface area contributed by atoms with E-state index in [1.54, 1.807) is 0 Å². The van der Waals surface area contributed by atoms with Crippen LogP contribution in [-0.4, -0.2) is 133 Å². The number of aromatic hydroxyl groups is 3. The molecule has 2 saturated heterocycles. The third-order valence-corrected chi connectivity index (χ3v) is 7.56. The minimum Gasteiger partial charge on any atom is -0.508 e. The lowest BCUT2D eigenvalue weighted by molar-refractivity contribution is -0.358. The Kier molecular flexibility index (Phi) is 9.38. The van der Waals surface area contributed by atoms with Gasteiger partial charge < -0.3 is 79.2 Å². The van der Waals surface area contributed by atoms with Crippen molar-refractivity contribution in [1.82, 2.24) is 0 Å². The second kappa shape index (κ2) is 12.9. The molecule has 2 aromatic carbocycles. The smallest absolute Gasteiger partial charge is 0.239 e. The predicted molar refractivity (Wildman–Crippen MR) is 146 cm³/mol. The van der Waals surface area contributed by atoms with Gasteiger partial charge in [-0.15, -0.1) is 0 Å². The van der Waals surface area contributed by atoms with Crippen LogP contribution in [0.25, 0.3) is 22.3 Å². The van der Waals surface area contributed by atoms with Crippen LogP contribution in [0.5, 0.6) is 28.7 Å². The summed E-state index contributed by atoms with van der Waals surface area (Å²) < 4.78 is 33.4. The van der Waals surface area contributed by atoms with Crippen molar-refractivity contribution in [3.05, 3.63) is 40.6 Å². The van der Waals surface area contributed by atoms with Gasteiger partial charge in [0.25, 0.3) is 0 Å². The molecule has 45 heavy (non-hydrogen) atoms. The Morgan fingerprint density at radius 1 is 0.778 bits per heavy atom. The van der Waals surface area contributed by atoms with E-state index in [0.29, 0.717) is 0 Å². The van der Waals surface area contributed by atoms with E-state index in [0.717, 1.165) is 18.2 Å². The van der Waals surface area contributed by atoms with Gasteiger partial charge in [-0.1, -0.05) is 0 Å². The Labute approximate surface area is 252 Å². The molecule has 1 aromatic heterocycles. The summed E-state index contributed by atoms with van der Waals surface area (Å²) >= 11 is 0. The molecule has 246 valence electrons. The first-order chi connectivity index (χ1) is 21.4. The average Bonchev–Trinajstić information content (AvgIpc) is 3.01. The summed E-state index contributed by atoms with van der Waals surface area (Å²) in [5.41, 5.74) is -1.31. The number of ether oxygens (including phenoxy) is 5. The number of phenols is 3. The van der Waals surface area contributed by atoms with E-state index in [1.165, 1.54) is 19.2 Å². The first-order valence-electron chi connectivity index (χ1n) is 13.5. The van der Waals surface area contributed by atoms with Gasteiger partial charge in [0.1, 0.15) is 65.2 Å². The van der Waals surface area contributed by atoms with E-state index in [9.17, 15) is 55.9 Å². The molecule has 2 aliphatic heterocycles. The highest BCUT2D eigenvalue weighted by molar-refractivity contribution is 5.88. The third kappa shape index (κ3) is 5.98. The first kappa shape index (κ1) is 32.6. The molecule has 2 aliphatic rings. The van der Waals surface area contributed by atoms with Crippen LogP contribution in [0, 0.1) is 0 Å². The second-order valence-electron chi connectivity index (χ2n) is 10.4. The molecule has 10 N–H and O–H groups in total. The molecule has 3 aromatic rings. The lowest BCUT2D eigenvalue weighted by Crippen LogP contribution is -2.65. The Morgan fingerprint density at radius 3 is 2.04 bits per heavy atom. The molecule has 0 radical (unpaired) electrons. The number of benzene rings is 2. The van der Waals surface area contributed by atoms with Gasteiger partial charge in [-0.05, 0) is 18.2 Å². The van der Waals surface area contributed by atoms with Crippen molar-refractivity contribution in [3.63, 3.8) is 0 Å². The Hall–Kier alpha value is -3.75. The Bertz CT molecular complexity index is 1570. The fraction of sp³-hybridized carbons (Fsp3) is 0.464. The molecule has 5 rings (SSSR count). The number of phenolic OH excluding ortho intramolecular Hbond substituents is 3. The summed E-state index contributed by atoms with van der Waals surface area (Å²) in [7, 11) is 1.30. The average molecular weight is 641 g/mol. The van der Waals surface area contributed by atoms with Crippen LogP contribution in [-0.2, 0) is 14.2 Å². The molecule has 0 bridgehead atoms. The summed E-state index contributed by atoms with van der Waals surface area (Å²) in [5, 5.41) is 102. The molecule has 17 nitrogen and oxygen atoms in total. The van der Waals surface area contributed by atoms with Gasteiger partial charge in [0, 0.05) is 17.7 Å². The topological polar surface area (TPSA) is 279 Å². The maximum absolute atomic E-state index is 13.8. The molecule has 0 amide bonds. The second-order valence-corrected chi connectivity index (χ2v) is 10.4. The van der Waals surface area contributed by atoms with Crippen molar-refractivity contribution in [3.8, 4) is 40.1 Å². The van der Waals surface area contributed by atoms with Gasteiger partial charge in [-0.25, -0.2) is 0 Å². The van der Waals surface area contributed by atoms with Gasteiger partial charge in [0.05, 0.1) is 20.3 Å². The van der Waals surface area contributed by atoms with E-state index in [-0.39, 0.29) is 28.4 Å². The van der Waals surface area contributed by atoms with Gasteiger partial charge in [-0.3, -0.25) is 4.79 Å². The van der Waals surface area contributed by atoms with Crippen LogP contribution in [0.15, 0.2) is 39.5 Å². The lowest BCUT2D eigenvalue weighted by Gasteiger charge is -2.45.